The molecule has 2 unspecified atom stereocenters. The first kappa shape index (κ1) is 19.2. The molecule has 3 heterocycles. The average molecular weight is 412 g/mol. The van der Waals surface area contributed by atoms with Crippen molar-refractivity contribution in [2.75, 3.05) is 7.05 Å². The Labute approximate surface area is 180 Å². The Morgan fingerprint density at radius 3 is 2.77 bits per heavy atom. The summed E-state index contributed by atoms with van der Waals surface area (Å²) in [6, 6.07) is 10.7. The van der Waals surface area contributed by atoms with E-state index in [2.05, 4.69) is 80.6 Å². The van der Waals surface area contributed by atoms with Crippen molar-refractivity contribution in [3.05, 3.63) is 78.3 Å². The van der Waals surface area contributed by atoms with E-state index < -0.39 is 0 Å². The molecule has 0 fully saturated rings. The van der Waals surface area contributed by atoms with E-state index in [1.807, 2.05) is 26.0 Å². The Bertz CT molecular complexity index is 1220. The Morgan fingerprint density at radius 1 is 1.13 bits per heavy atom. The number of rotatable bonds is 4. The van der Waals surface area contributed by atoms with Gasteiger partial charge in [0.25, 0.3) is 5.95 Å². The van der Waals surface area contributed by atoms with Gasteiger partial charge in [-0.1, -0.05) is 42.5 Å². The highest BCUT2D eigenvalue weighted by Gasteiger charge is 2.29. The minimum absolute atomic E-state index is 0.0180. The lowest BCUT2D eigenvalue weighted by molar-refractivity contribution is 0.235. The number of ether oxygens (including phenoxy) is 1. The van der Waals surface area contributed by atoms with Crippen molar-refractivity contribution in [1.29, 1.82) is 0 Å². The molecule has 0 amide bonds. The van der Waals surface area contributed by atoms with Crippen LogP contribution in [0.2, 0.25) is 0 Å². The van der Waals surface area contributed by atoms with Gasteiger partial charge in [0.05, 0.1) is 24.2 Å². The molecule has 3 aromatic rings. The van der Waals surface area contributed by atoms with E-state index in [0.29, 0.717) is 23.0 Å². The number of aromatic nitrogens is 4. The number of benzene rings is 1. The summed E-state index contributed by atoms with van der Waals surface area (Å²) in [4.78, 5) is 23.2. The molecule has 31 heavy (non-hydrogen) atoms. The molecule has 7 nitrogen and oxygen atoms in total. The van der Waals surface area contributed by atoms with Crippen LogP contribution in [0.3, 0.4) is 0 Å². The van der Waals surface area contributed by atoms with E-state index in [9.17, 15) is 0 Å². The van der Waals surface area contributed by atoms with Crippen LogP contribution in [0.15, 0.2) is 77.7 Å². The van der Waals surface area contributed by atoms with Crippen LogP contribution in [0.4, 0.5) is 5.95 Å². The van der Waals surface area contributed by atoms with Crippen molar-refractivity contribution in [2.24, 2.45) is 4.99 Å². The molecule has 0 saturated heterocycles. The number of hydrogen-bond donors (Lipinski definition) is 1. The number of aromatic amines is 1. The van der Waals surface area contributed by atoms with Crippen molar-refractivity contribution in [1.82, 2.24) is 24.8 Å². The Kier molecular flexibility index (Phi) is 4.86. The minimum atomic E-state index is -0.0180. The number of imidazole rings is 1. The molecule has 7 heteroatoms. The maximum Gasteiger partial charge on any atom is 0.255 e. The highest BCUT2D eigenvalue weighted by atomic mass is 16.5. The SMILES string of the molecule is CC(C)Oc1nc(N=C2C=CC3C(=C2)C(c2ccccc2)C=CN3C)nc2nc[nH]c12. The number of nitrogens with one attached hydrogen (secondary N) is 1. The Hall–Kier alpha value is -3.74. The van der Waals surface area contributed by atoms with E-state index >= 15 is 0 Å². The van der Waals surface area contributed by atoms with Gasteiger partial charge in [0, 0.05) is 13.0 Å². The highest BCUT2D eigenvalue weighted by molar-refractivity contribution is 6.07. The fourth-order valence-electron chi connectivity index (χ4n) is 3.98. The van der Waals surface area contributed by atoms with E-state index in [1.165, 1.54) is 11.1 Å². The van der Waals surface area contributed by atoms with Crippen LogP contribution in [0, 0.1) is 0 Å². The lowest BCUT2D eigenvalue weighted by Gasteiger charge is -2.36. The maximum atomic E-state index is 5.85. The molecule has 2 aliphatic rings. The smallest absolute Gasteiger partial charge is 0.255 e. The number of H-pyrrole nitrogens is 1. The summed E-state index contributed by atoms with van der Waals surface area (Å²) in [7, 11) is 2.09. The number of allylic oxidation sites excluding steroid dienone is 3. The lowest BCUT2D eigenvalue weighted by Crippen LogP contribution is -2.34. The molecule has 0 bridgehead atoms. The van der Waals surface area contributed by atoms with Crippen molar-refractivity contribution in [3.8, 4) is 5.88 Å². The summed E-state index contributed by atoms with van der Waals surface area (Å²) >= 11 is 0. The molecular formula is C24H24N6O. The summed E-state index contributed by atoms with van der Waals surface area (Å²) in [5.41, 5.74) is 4.56. The molecule has 1 aliphatic heterocycles. The zero-order valence-electron chi connectivity index (χ0n) is 17.7. The first-order chi connectivity index (χ1) is 15.1. The fourth-order valence-corrected chi connectivity index (χ4v) is 3.98. The van der Waals surface area contributed by atoms with E-state index in [1.54, 1.807) is 6.33 Å². The minimum Gasteiger partial charge on any atom is -0.473 e. The largest absolute Gasteiger partial charge is 0.473 e. The van der Waals surface area contributed by atoms with Crippen LogP contribution >= 0.6 is 0 Å². The van der Waals surface area contributed by atoms with Gasteiger partial charge in [0.15, 0.2) is 5.65 Å². The molecule has 1 N–H and O–H groups in total. The number of aliphatic imine (C=N–C) groups is 1. The monoisotopic (exact) mass is 412 g/mol. The molecule has 1 aromatic carbocycles. The first-order valence-electron chi connectivity index (χ1n) is 10.4. The van der Waals surface area contributed by atoms with E-state index in [4.69, 9.17) is 9.73 Å². The van der Waals surface area contributed by atoms with Gasteiger partial charge in [-0.2, -0.15) is 9.97 Å². The van der Waals surface area contributed by atoms with E-state index in [0.717, 1.165) is 5.71 Å². The van der Waals surface area contributed by atoms with Crippen LogP contribution < -0.4 is 4.74 Å². The molecule has 2 aromatic heterocycles. The molecule has 0 spiro atoms. The molecule has 5 rings (SSSR count). The molecular weight excluding hydrogens is 388 g/mol. The maximum absolute atomic E-state index is 5.85. The quantitative estimate of drug-likeness (QED) is 0.690. The number of nitrogens with zero attached hydrogens (tertiary/aromatic N) is 5. The van der Waals surface area contributed by atoms with Gasteiger partial charge in [-0.15, -0.1) is 0 Å². The van der Waals surface area contributed by atoms with Crippen LogP contribution in [-0.2, 0) is 0 Å². The third kappa shape index (κ3) is 3.74. The van der Waals surface area contributed by atoms with Crippen molar-refractivity contribution < 1.29 is 4.74 Å². The van der Waals surface area contributed by atoms with Crippen LogP contribution in [-0.4, -0.2) is 49.7 Å². The molecule has 0 saturated carbocycles. The second-order valence-electron chi connectivity index (χ2n) is 7.98. The van der Waals surface area contributed by atoms with Gasteiger partial charge in [0.2, 0.25) is 5.88 Å². The van der Waals surface area contributed by atoms with Crippen molar-refractivity contribution in [3.63, 3.8) is 0 Å². The van der Waals surface area contributed by atoms with Crippen LogP contribution in [0.5, 0.6) is 5.88 Å². The molecule has 1 aliphatic carbocycles. The first-order valence-corrected chi connectivity index (χ1v) is 10.4. The predicted molar refractivity (Wildman–Crippen MR) is 122 cm³/mol. The number of likely N-dealkylation sites (N-methyl/N-ethyl adjacent to an activating group) is 1. The second kappa shape index (κ2) is 7.83. The summed E-state index contributed by atoms with van der Waals surface area (Å²) in [6.45, 7) is 3.92. The van der Waals surface area contributed by atoms with Gasteiger partial charge < -0.3 is 14.6 Å². The van der Waals surface area contributed by atoms with Crippen LogP contribution in [0.1, 0.15) is 25.3 Å². The van der Waals surface area contributed by atoms with Crippen molar-refractivity contribution in [2.45, 2.75) is 31.9 Å². The zero-order chi connectivity index (χ0) is 21.4. The molecule has 0 radical (unpaired) electrons. The van der Waals surface area contributed by atoms with Gasteiger partial charge >= 0.3 is 0 Å². The van der Waals surface area contributed by atoms with Crippen molar-refractivity contribution >= 4 is 22.8 Å². The predicted octanol–water partition coefficient (Wildman–Crippen LogP) is 4.32. The second-order valence-corrected chi connectivity index (χ2v) is 7.98. The van der Waals surface area contributed by atoms with Gasteiger partial charge in [0.1, 0.15) is 5.52 Å². The topological polar surface area (TPSA) is 79.3 Å². The standard InChI is InChI=1S/C24H24N6O/c1-15(2)31-23-21-22(26-14-25-21)28-24(29-23)27-17-9-10-20-19(13-17)18(11-12-30(20)3)16-7-5-4-6-8-16/h4-15,18,20H,1-3H3,(H,25,26,28,29). The third-order valence-corrected chi connectivity index (χ3v) is 5.39. The molecule has 2 atom stereocenters. The summed E-state index contributed by atoms with van der Waals surface area (Å²) in [6.07, 6.45) is 12.3. The van der Waals surface area contributed by atoms with Gasteiger partial charge in [-0.05, 0) is 43.3 Å². The summed E-state index contributed by atoms with van der Waals surface area (Å²) in [5.74, 6) is 0.998. The molecule has 156 valence electrons. The summed E-state index contributed by atoms with van der Waals surface area (Å²) < 4.78 is 5.85. The van der Waals surface area contributed by atoms with E-state index in [-0.39, 0.29) is 18.1 Å². The fraction of sp³-hybridized carbons (Fsp3) is 0.250. The van der Waals surface area contributed by atoms with Gasteiger partial charge in [-0.3, -0.25) is 0 Å². The number of hydrogen-bond acceptors (Lipinski definition) is 6. The third-order valence-electron chi connectivity index (χ3n) is 5.39. The normalized spacial score (nSPS) is 21.6. The lowest BCUT2D eigenvalue weighted by atomic mass is 9.81. The highest BCUT2D eigenvalue weighted by Crippen LogP contribution is 2.36. The summed E-state index contributed by atoms with van der Waals surface area (Å²) in [5, 5.41) is 0. The Morgan fingerprint density at radius 2 is 1.97 bits per heavy atom. The van der Waals surface area contributed by atoms with Crippen LogP contribution in [0.25, 0.3) is 11.2 Å². The Balaban J connectivity index is 1.55. The number of fused-ring (bicyclic) bond motifs is 2. The average Bonchev–Trinajstić information content (AvgIpc) is 3.23. The zero-order valence-corrected chi connectivity index (χ0v) is 17.7. The van der Waals surface area contributed by atoms with Gasteiger partial charge in [-0.25, -0.2) is 9.98 Å².